The van der Waals surface area contributed by atoms with Crippen molar-refractivity contribution in [3.63, 3.8) is 0 Å². The standard InChI is InChI=1S/C17H22ClNO3S/c1-11(10-23)16(20)19(17(21)22)9-13(7-12(19)2)8-14-5-3-4-6-15(14)18/h3-6,11-13H,7-10H2,1-2H3,(H-,21,22,23)/p+1/t11?,12?,13-,19+/m1/s1. The third kappa shape index (κ3) is 3.42. The summed E-state index contributed by atoms with van der Waals surface area (Å²) in [5.41, 5.74) is 1.01. The van der Waals surface area contributed by atoms with E-state index in [-0.39, 0.29) is 23.8 Å². The molecule has 0 bridgehead atoms. The molecule has 1 N–H and O–H groups in total. The molecule has 1 aromatic rings. The Bertz CT molecular complexity index is 609. The van der Waals surface area contributed by atoms with Crippen LogP contribution >= 0.6 is 24.2 Å². The second kappa shape index (κ2) is 7.24. The lowest BCUT2D eigenvalue weighted by Crippen LogP contribution is -2.60. The SMILES string of the molecule is CC(CS)C(=O)[N@+]1(C(=O)O)C[C@@H](Cc2ccccc2Cl)CC1C. The van der Waals surface area contributed by atoms with Gasteiger partial charge in [-0.05, 0) is 31.9 Å². The minimum atomic E-state index is -1.06. The highest BCUT2D eigenvalue weighted by Crippen LogP contribution is 2.36. The van der Waals surface area contributed by atoms with Gasteiger partial charge < -0.3 is 5.11 Å². The van der Waals surface area contributed by atoms with Gasteiger partial charge in [-0.1, -0.05) is 29.8 Å². The first-order valence-corrected chi connectivity index (χ1v) is 8.83. The largest absolute Gasteiger partial charge is 0.521 e. The van der Waals surface area contributed by atoms with Crippen LogP contribution in [0.1, 0.15) is 25.8 Å². The summed E-state index contributed by atoms with van der Waals surface area (Å²) in [5, 5.41) is 10.5. The summed E-state index contributed by atoms with van der Waals surface area (Å²) in [6, 6.07) is 7.35. The number of benzene rings is 1. The van der Waals surface area contributed by atoms with Gasteiger partial charge in [0.25, 0.3) is 0 Å². The summed E-state index contributed by atoms with van der Waals surface area (Å²) in [5.74, 6) is -0.150. The second-order valence-corrected chi connectivity index (χ2v) is 7.27. The van der Waals surface area contributed by atoms with Crippen molar-refractivity contribution in [2.24, 2.45) is 11.8 Å². The molecule has 126 valence electrons. The van der Waals surface area contributed by atoms with Crippen LogP contribution in [0.4, 0.5) is 4.79 Å². The maximum Gasteiger partial charge on any atom is 0.521 e. The van der Waals surface area contributed by atoms with Crippen molar-refractivity contribution in [3.05, 3.63) is 34.9 Å². The number of likely N-dealkylation sites (tertiary alicyclic amines) is 1. The Balaban J connectivity index is 2.25. The molecule has 2 amide bonds. The minimum absolute atomic E-state index is 0.122. The zero-order valence-electron chi connectivity index (χ0n) is 13.4. The molecule has 1 aliphatic heterocycles. The summed E-state index contributed by atoms with van der Waals surface area (Å²) in [7, 11) is 0. The summed E-state index contributed by atoms with van der Waals surface area (Å²) in [6.45, 7) is 3.91. The number of carboxylic acid groups (broad SMARTS) is 1. The van der Waals surface area contributed by atoms with Crippen LogP contribution in [0.15, 0.2) is 24.3 Å². The summed E-state index contributed by atoms with van der Waals surface area (Å²) >= 11 is 10.4. The number of imide groups is 1. The van der Waals surface area contributed by atoms with Crippen molar-refractivity contribution in [3.8, 4) is 0 Å². The summed E-state index contributed by atoms with van der Waals surface area (Å²) < 4.78 is -0.489. The number of hydrogen-bond acceptors (Lipinski definition) is 3. The number of amides is 2. The number of halogens is 1. The first-order valence-electron chi connectivity index (χ1n) is 7.82. The molecule has 4 nitrogen and oxygen atoms in total. The van der Waals surface area contributed by atoms with E-state index in [2.05, 4.69) is 12.6 Å². The molecule has 1 aliphatic rings. The quantitative estimate of drug-likeness (QED) is 0.636. The highest BCUT2D eigenvalue weighted by Gasteiger charge is 2.57. The Morgan fingerprint density at radius 2 is 2.09 bits per heavy atom. The van der Waals surface area contributed by atoms with Gasteiger partial charge in [-0.25, -0.2) is 4.79 Å². The van der Waals surface area contributed by atoms with Gasteiger partial charge in [0.2, 0.25) is 0 Å². The summed E-state index contributed by atoms with van der Waals surface area (Å²) in [4.78, 5) is 24.7. The normalized spacial score (nSPS) is 28.5. The number of carbonyl (C=O) groups excluding carboxylic acids is 1. The van der Waals surface area contributed by atoms with Gasteiger partial charge in [0.1, 0.15) is 6.04 Å². The van der Waals surface area contributed by atoms with Crippen LogP contribution in [0.2, 0.25) is 5.02 Å². The summed E-state index contributed by atoms with van der Waals surface area (Å²) in [6.07, 6.45) is 0.334. The molecule has 0 aliphatic carbocycles. The van der Waals surface area contributed by atoms with E-state index in [0.29, 0.717) is 30.2 Å². The van der Waals surface area contributed by atoms with E-state index >= 15 is 0 Å². The second-order valence-electron chi connectivity index (χ2n) is 6.50. The zero-order valence-corrected chi connectivity index (χ0v) is 15.1. The van der Waals surface area contributed by atoms with Crippen LogP contribution in [0, 0.1) is 11.8 Å². The molecule has 4 atom stereocenters. The van der Waals surface area contributed by atoms with E-state index in [1.54, 1.807) is 6.92 Å². The van der Waals surface area contributed by atoms with Crippen LogP contribution in [-0.4, -0.2) is 39.9 Å². The van der Waals surface area contributed by atoms with Gasteiger partial charge in [0.15, 0.2) is 0 Å². The van der Waals surface area contributed by atoms with Crippen molar-refractivity contribution in [2.45, 2.75) is 32.7 Å². The Morgan fingerprint density at radius 1 is 1.43 bits per heavy atom. The minimum Gasteiger partial charge on any atom is -0.435 e. The van der Waals surface area contributed by atoms with Crippen molar-refractivity contribution in [1.82, 2.24) is 0 Å². The predicted molar refractivity (Wildman–Crippen MR) is 93.9 cm³/mol. The Kier molecular flexibility index (Phi) is 5.76. The monoisotopic (exact) mass is 356 g/mol. The molecule has 1 heterocycles. The van der Waals surface area contributed by atoms with Crippen LogP contribution in [-0.2, 0) is 11.2 Å². The third-order valence-corrected chi connectivity index (χ3v) is 5.79. The molecule has 23 heavy (non-hydrogen) atoms. The first kappa shape index (κ1) is 18.3. The van der Waals surface area contributed by atoms with Crippen LogP contribution in [0.25, 0.3) is 0 Å². The van der Waals surface area contributed by atoms with Crippen molar-refractivity contribution in [2.75, 3.05) is 12.3 Å². The number of nitrogens with zero attached hydrogens (tertiary/aromatic N) is 1. The van der Waals surface area contributed by atoms with Crippen molar-refractivity contribution in [1.29, 1.82) is 0 Å². The zero-order chi connectivity index (χ0) is 17.2. The van der Waals surface area contributed by atoms with E-state index < -0.39 is 10.6 Å². The molecule has 1 saturated heterocycles. The fraction of sp³-hybridized carbons (Fsp3) is 0.529. The lowest BCUT2D eigenvalue weighted by atomic mass is 9.97. The molecule has 0 radical (unpaired) electrons. The van der Waals surface area contributed by atoms with Crippen LogP contribution in [0.5, 0.6) is 0 Å². The van der Waals surface area contributed by atoms with Crippen molar-refractivity contribution < 1.29 is 19.2 Å². The van der Waals surface area contributed by atoms with Crippen molar-refractivity contribution >= 4 is 36.2 Å². The van der Waals surface area contributed by atoms with Gasteiger partial charge >= 0.3 is 12.0 Å². The Hall–Kier alpha value is -1.04. The number of carbonyl (C=O) groups is 2. The maximum atomic E-state index is 12.7. The highest BCUT2D eigenvalue weighted by molar-refractivity contribution is 7.80. The van der Waals surface area contributed by atoms with E-state index in [1.807, 2.05) is 31.2 Å². The van der Waals surface area contributed by atoms with E-state index in [1.165, 1.54) is 0 Å². The lowest BCUT2D eigenvalue weighted by molar-refractivity contribution is -0.795. The van der Waals surface area contributed by atoms with Crippen LogP contribution < -0.4 is 0 Å². The molecule has 6 heteroatoms. The number of thiol groups is 1. The number of quaternary nitrogens is 1. The van der Waals surface area contributed by atoms with Gasteiger partial charge in [-0.3, -0.25) is 0 Å². The maximum absolute atomic E-state index is 12.7. The molecule has 1 aromatic carbocycles. The predicted octanol–water partition coefficient (Wildman–Crippen LogP) is 3.88. The molecule has 1 fully saturated rings. The average Bonchev–Trinajstić information content (AvgIpc) is 2.85. The Morgan fingerprint density at radius 3 is 2.65 bits per heavy atom. The van der Waals surface area contributed by atoms with Gasteiger partial charge in [0.05, 0.1) is 12.5 Å². The highest BCUT2D eigenvalue weighted by atomic mass is 35.5. The van der Waals surface area contributed by atoms with E-state index in [9.17, 15) is 14.7 Å². The topological polar surface area (TPSA) is 54.4 Å². The fourth-order valence-corrected chi connectivity index (χ4v) is 3.96. The smallest absolute Gasteiger partial charge is 0.435 e. The number of hydrogen-bond donors (Lipinski definition) is 2. The molecular weight excluding hydrogens is 334 g/mol. The van der Waals surface area contributed by atoms with E-state index in [4.69, 9.17) is 11.6 Å². The molecular formula is C17H23ClNO3S+. The van der Waals surface area contributed by atoms with Gasteiger partial charge in [0, 0.05) is 23.1 Å². The molecule has 2 rings (SSSR count). The van der Waals surface area contributed by atoms with E-state index in [0.717, 1.165) is 5.56 Å². The average molecular weight is 357 g/mol. The molecule has 0 saturated carbocycles. The lowest BCUT2D eigenvalue weighted by Gasteiger charge is -2.31. The van der Waals surface area contributed by atoms with Gasteiger partial charge in [-0.15, -0.1) is 0 Å². The van der Waals surface area contributed by atoms with Crippen LogP contribution in [0.3, 0.4) is 0 Å². The molecule has 0 aromatic heterocycles. The third-order valence-electron chi connectivity index (χ3n) is 4.87. The van der Waals surface area contributed by atoms with Gasteiger partial charge in [-0.2, -0.15) is 21.9 Å². The molecule has 0 spiro atoms. The fourth-order valence-electron chi connectivity index (χ4n) is 3.59. The molecule has 2 unspecified atom stereocenters. The first-order chi connectivity index (χ1) is 10.8. The number of rotatable bonds is 4. The Labute approximate surface area is 147 Å².